The van der Waals surface area contributed by atoms with Crippen molar-refractivity contribution in [2.24, 2.45) is 29.1 Å². The van der Waals surface area contributed by atoms with Crippen molar-refractivity contribution in [2.75, 3.05) is 0 Å². The van der Waals surface area contributed by atoms with Gasteiger partial charge in [-0.2, -0.15) is 0 Å². The second kappa shape index (κ2) is 6.48. The Balaban J connectivity index is 1.95. The molecule has 2 saturated carbocycles. The highest BCUT2D eigenvalue weighted by Crippen LogP contribution is 2.56. The minimum Gasteiger partial charge on any atom is -0.462 e. The number of carbonyl (C=O) groups excluding carboxylic acids is 3. The van der Waals surface area contributed by atoms with Crippen molar-refractivity contribution in [1.29, 1.82) is 0 Å². The summed E-state index contributed by atoms with van der Waals surface area (Å²) in [5, 5.41) is 11.2. The zero-order valence-corrected chi connectivity index (χ0v) is 16.0. The summed E-state index contributed by atoms with van der Waals surface area (Å²) in [5.41, 5.74) is -0.219. The number of ketones is 1. The van der Waals surface area contributed by atoms with Crippen LogP contribution >= 0.6 is 0 Å². The van der Waals surface area contributed by atoms with E-state index in [0.717, 1.165) is 5.57 Å². The molecule has 1 heterocycles. The maximum Gasteiger partial charge on any atom is 0.330 e. The lowest BCUT2D eigenvalue weighted by Gasteiger charge is -2.39. The number of Topliss-reactive ketones (excluding diaryl/α,β-unsaturated/α-hetero) is 1. The SMILES string of the molecule is CC(C)=CC(=O)O[C@H]1CC(=O)[C@]2(C)[C@@H]1[C@H](C)C[C@H]1OC(=O)[C@@H](C)[C@H]1[C@@H]2O. The van der Waals surface area contributed by atoms with E-state index in [1.165, 1.54) is 6.08 Å². The molecule has 8 atom stereocenters. The topological polar surface area (TPSA) is 89.9 Å². The Hall–Kier alpha value is -1.69. The van der Waals surface area contributed by atoms with Gasteiger partial charge >= 0.3 is 11.9 Å². The van der Waals surface area contributed by atoms with E-state index in [0.29, 0.717) is 6.42 Å². The van der Waals surface area contributed by atoms with Crippen LogP contribution in [0.2, 0.25) is 0 Å². The van der Waals surface area contributed by atoms with Gasteiger partial charge in [0.25, 0.3) is 0 Å². The predicted molar refractivity (Wildman–Crippen MR) is 92.9 cm³/mol. The van der Waals surface area contributed by atoms with E-state index in [4.69, 9.17) is 9.47 Å². The predicted octanol–water partition coefficient (Wildman–Crippen LogP) is 2.04. The summed E-state index contributed by atoms with van der Waals surface area (Å²) >= 11 is 0. The zero-order chi connectivity index (χ0) is 19.4. The first-order valence-corrected chi connectivity index (χ1v) is 9.34. The summed E-state index contributed by atoms with van der Waals surface area (Å²) in [6.45, 7) is 9.10. The van der Waals surface area contributed by atoms with Gasteiger partial charge in [0, 0.05) is 24.3 Å². The normalized spacial score (nSPS) is 44.6. The van der Waals surface area contributed by atoms with Crippen molar-refractivity contribution in [2.45, 2.75) is 65.8 Å². The van der Waals surface area contributed by atoms with Gasteiger partial charge in [-0.15, -0.1) is 0 Å². The Labute approximate surface area is 153 Å². The molecule has 0 aromatic rings. The third-order valence-electron chi connectivity index (χ3n) is 6.60. The largest absolute Gasteiger partial charge is 0.462 e. The highest BCUT2D eigenvalue weighted by Gasteiger charge is 2.65. The van der Waals surface area contributed by atoms with Crippen LogP contribution in [0.3, 0.4) is 0 Å². The number of aliphatic hydroxyl groups is 1. The van der Waals surface area contributed by atoms with Crippen LogP contribution in [0.15, 0.2) is 11.6 Å². The average Bonchev–Trinajstić information content (AvgIpc) is 2.89. The van der Waals surface area contributed by atoms with Gasteiger partial charge in [0.1, 0.15) is 18.0 Å². The Bertz CT molecular complexity index is 663. The van der Waals surface area contributed by atoms with Crippen molar-refractivity contribution < 1.29 is 29.0 Å². The Morgan fingerprint density at radius 1 is 1.31 bits per heavy atom. The van der Waals surface area contributed by atoms with Gasteiger partial charge in [-0.05, 0) is 33.1 Å². The second-order valence-corrected chi connectivity index (χ2v) is 8.63. The maximum absolute atomic E-state index is 12.9. The number of hydrogen-bond acceptors (Lipinski definition) is 6. The number of fused-ring (bicyclic) bond motifs is 2. The lowest BCUT2D eigenvalue weighted by Crippen LogP contribution is -2.48. The number of hydrogen-bond donors (Lipinski definition) is 1. The Morgan fingerprint density at radius 2 is 1.96 bits per heavy atom. The Morgan fingerprint density at radius 3 is 2.58 bits per heavy atom. The Kier molecular flexibility index (Phi) is 4.76. The smallest absolute Gasteiger partial charge is 0.330 e. The van der Waals surface area contributed by atoms with E-state index in [1.807, 2.05) is 6.92 Å². The van der Waals surface area contributed by atoms with Crippen LogP contribution in [0.25, 0.3) is 0 Å². The molecule has 1 saturated heterocycles. The molecule has 2 aliphatic carbocycles. The summed E-state index contributed by atoms with van der Waals surface area (Å²) in [4.78, 5) is 37.1. The molecule has 0 amide bonds. The third-order valence-corrected chi connectivity index (χ3v) is 6.60. The minimum atomic E-state index is -1.04. The molecule has 0 aromatic heterocycles. The van der Waals surface area contributed by atoms with Crippen LogP contribution in [-0.4, -0.2) is 41.1 Å². The fourth-order valence-corrected chi connectivity index (χ4v) is 5.36. The van der Waals surface area contributed by atoms with Gasteiger partial charge in [0.2, 0.25) is 0 Å². The summed E-state index contributed by atoms with van der Waals surface area (Å²) in [7, 11) is 0. The van der Waals surface area contributed by atoms with Gasteiger partial charge in [-0.3, -0.25) is 9.59 Å². The second-order valence-electron chi connectivity index (χ2n) is 8.63. The summed E-state index contributed by atoms with van der Waals surface area (Å²) in [5.74, 6) is -2.06. The highest BCUT2D eigenvalue weighted by atomic mass is 16.6. The first kappa shape index (κ1) is 19.1. The fourth-order valence-electron chi connectivity index (χ4n) is 5.36. The number of allylic oxidation sites excluding steroid dienone is 1. The molecule has 1 aliphatic heterocycles. The molecular weight excluding hydrogens is 336 g/mol. The van der Waals surface area contributed by atoms with Crippen molar-refractivity contribution in [3.8, 4) is 0 Å². The van der Waals surface area contributed by atoms with E-state index in [2.05, 4.69) is 0 Å². The molecule has 26 heavy (non-hydrogen) atoms. The quantitative estimate of drug-likeness (QED) is 0.596. The minimum absolute atomic E-state index is 0.0290. The zero-order valence-electron chi connectivity index (χ0n) is 16.0. The number of esters is 2. The average molecular weight is 364 g/mol. The lowest BCUT2D eigenvalue weighted by atomic mass is 9.67. The molecule has 6 heteroatoms. The molecule has 0 bridgehead atoms. The summed E-state index contributed by atoms with van der Waals surface area (Å²) in [6.07, 6.45) is 0.116. The van der Waals surface area contributed by atoms with E-state index >= 15 is 0 Å². The first-order chi connectivity index (χ1) is 12.1. The van der Waals surface area contributed by atoms with Gasteiger partial charge in [-0.1, -0.05) is 19.4 Å². The highest BCUT2D eigenvalue weighted by molar-refractivity contribution is 5.90. The molecule has 6 nitrogen and oxygen atoms in total. The van der Waals surface area contributed by atoms with E-state index < -0.39 is 41.5 Å². The van der Waals surface area contributed by atoms with Crippen LogP contribution in [0.4, 0.5) is 0 Å². The molecular formula is C20H28O6. The van der Waals surface area contributed by atoms with Crippen LogP contribution in [0, 0.1) is 29.1 Å². The molecule has 0 radical (unpaired) electrons. The van der Waals surface area contributed by atoms with Crippen LogP contribution < -0.4 is 0 Å². The number of aliphatic hydroxyl groups excluding tert-OH is 1. The molecule has 3 rings (SSSR count). The van der Waals surface area contributed by atoms with Crippen molar-refractivity contribution in [3.05, 3.63) is 11.6 Å². The van der Waals surface area contributed by atoms with E-state index in [-0.39, 0.29) is 30.0 Å². The monoisotopic (exact) mass is 364 g/mol. The van der Waals surface area contributed by atoms with Crippen molar-refractivity contribution in [1.82, 2.24) is 0 Å². The van der Waals surface area contributed by atoms with Crippen molar-refractivity contribution in [3.63, 3.8) is 0 Å². The van der Waals surface area contributed by atoms with Gasteiger partial charge in [0.05, 0.1) is 17.4 Å². The van der Waals surface area contributed by atoms with Crippen LogP contribution in [-0.2, 0) is 23.9 Å². The molecule has 0 spiro atoms. The van der Waals surface area contributed by atoms with Crippen molar-refractivity contribution >= 4 is 17.7 Å². The van der Waals surface area contributed by atoms with E-state index in [1.54, 1.807) is 27.7 Å². The van der Waals surface area contributed by atoms with Crippen LogP contribution in [0.1, 0.15) is 47.5 Å². The third kappa shape index (κ3) is 2.79. The standard InChI is InChI=1S/C20H28O6/c1-9(2)6-15(22)25-13-8-14(21)20(5)17(13)10(3)7-12-16(18(20)23)11(4)19(24)26-12/h6,10-13,16-18,23H,7-8H2,1-5H3/t10-,11+,12-,13+,16-,17-,18+,20-/m1/s1. The molecule has 3 fully saturated rings. The summed E-state index contributed by atoms with van der Waals surface area (Å²) in [6, 6.07) is 0. The molecule has 3 aliphatic rings. The number of carbonyl (C=O) groups is 3. The molecule has 0 aromatic carbocycles. The van der Waals surface area contributed by atoms with Gasteiger partial charge in [0.15, 0.2) is 0 Å². The van der Waals surface area contributed by atoms with Crippen LogP contribution in [0.5, 0.6) is 0 Å². The van der Waals surface area contributed by atoms with Gasteiger partial charge < -0.3 is 14.6 Å². The molecule has 144 valence electrons. The maximum atomic E-state index is 12.9. The lowest BCUT2D eigenvalue weighted by molar-refractivity contribution is -0.150. The van der Waals surface area contributed by atoms with E-state index in [9.17, 15) is 19.5 Å². The van der Waals surface area contributed by atoms with Gasteiger partial charge in [-0.25, -0.2) is 4.79 Å². The number of rotatable bonds is 2. The molecule has 0 unspecified atom stereocenters. The summed E-state index contributed by atoms with van der Waals surface area (Å²) < 4.78 is 11.1. The fraction of sp³-hybridized carbons (Fsp3) is 0.750. The number of ether oxygens (including phenoxy) is 2. The first-order valence-electron chi connectivity index (χ1n) is 9.34. The molecule has 1 N–H and O–H groups in total.